The average Bonchev–Trinajstić information content (AvgIpc) is 2.70. The van der Waals surface area contributed by atoms with Gasteiger partial charge in [-0.15, -0.1) is 0 Å². The molecule has 0 aliphatic rings. The van der Waals surface area contributed by atoms with Crippen LogP contribution < -0.4 is 0 Å². The smallest absolute Gasteiger partial charge is 0.323 e. The predicted octanol–water partition coefficient (Wildman–Crippen LogP) is 3.75. The van der Waals surface area contributed by atoms with Gasteiger partial charge in [0.25, 0.3) is 0 Å². The highest BCUT2D eigenvalue weighted by molar-refractivity contribution is 5.74. The molecule has 3 aromatic carbocycles. The Hall–Kier alpha value is -2.95. The molecule has 0 saturated heterocycles. The number of hydrogen-bond acceptors (Lipinski definition) is 3. The first-order valence-corrected chi connectivity index (χ1v) is 9.40. The Morgan fingerprint density at radius 2 is 1.11 bits per heavy atom. The summed E-state index contributed by atoms with van der Waals surface area (Å²) in [6.45, 7) is 0.886. The first kappa shape index (κ1) is 19.8. The minimum Gasteiger partial charge on any atom is -0.480 e. The van der Waals surface area contributed by atoms with Crippen molar-refractivity contribution in [2.45, 2.75) is 31.7 Å². The summed E-state index contributed by atoms with van der Waals surface area (Å²) in [5, 5.41) is 20.8. The maximum Gasteiger partial charge on any atom is 0.323 e. The molecule has 0 aromatic heterocycles. The molecule has 2 atom stereocenters. The van der Waals surface area contributed by atoms with Crippen LogP contribution in [0.5, 0.6) is 0 Å². The van der Waals surface area contributed by atoms with Crippen molar-refractivity contribution in [2.24, 2.45) is 0 Å². The van der Waals surface area contributed by atoms with Crippen molar-refractivity contribution in [3.63, 3.8) is 0 Å². The summed E-state index contributed by atoms with van der Waals surface area (Å²) in [5.41, 5.74) is 2.94. The van der Waals surface area contributed by atoms with Gasteiger partial charge in [-0.05, 0) is 16.7 Å². The van der Waals surface area contributed by atoms with Crippen LogP contribution in [0.3, 0.4) is 0 Å². The molecule has 4 heteroatoms. The van der Waals surface area contributed by atoms with E-state index in [9.17, 15) is 15.0 Å². The van der Waals surface area contributed by atoms with E-state index in [0.717, 1.165) is 16.7 Å². The lowest BCUT2D eigenvalue weighted by Crippen LogP contribution is -2.49. The van der Waals surface area contributed by atoms with Gasteiger partial charge in [0.15, 0.2) is 0 Å². The SMILES string of the molecule is O=C(O)[C@H]([C@@H](O)Cc1ccccc1)N(Cc1ccccc1)Cc1ccccc1. The second kappa shape index (κ2) is 9.83. The molecule has 0 fully saturated rings. The molecule has 0 unspecified atom stereocenters. The number of aliphatic carboxylic acids is 1. The first-order chi connectivity index (χ1) is 13.6. The molecule has 3 aromatic rings. The maximum atomic E-state index is 12.2. The third-order valence-electron chi connectivity index (χ3n) is 4.76. The Bertz CT molecular complexity index is 811. The molecule has 0 aliphatic carbocycles. The molecule has 0 heterocycles. The zero-order valence-electron chi connectivity index (χ0n) is 15.7. The number of carboxylic acids is 1. The van der Waals surface area contributed by atoms with Gasteiger partial charge in [0.2, 0.25) is 0 Å². The molecule has 144 valence electrons. The fourth-order valence-electron chi connectivity index (χ4n) is 3.42. The molecule has 0 radical (unpaired) electrons. The van der Waals surface area contributed by atoms with E-state index in [0.29, 0.717) is 13.1 Å². The van der Waals surface area contributed by atoms with Crippen molar-refractivity contribution >= 4 is 5.97 Å². The molecule has 0 bridgehead atoms. The normalized spacial score (nSPS) is 13.2. The van der Waals surface area contributed by atoms with Gasteiger partial charge in [0, 0.05) is 19.5 Å². The van der Waals surface area contributed by atoms with Crippen LogP contribution in [0.4, 0.5) is 0 Å². The third-order valence-corrected chi connectivity index (χ3v) is 4.76. The van der Waals surface area contributed by atoms with Gasteiger partial charge in [-0.3, -0.25) is 9.69 Å². The number of aliphatic hydroxyl groups excluding tert-OH is 1. The summed E-state index contributed by atoms with van der Waals surface area (Å²) in [7, 11) is 0. The molecule has 4 nitrogen and oxygen atoms in total. The summed E-state index contributed by atoms with van der Waals surface area (Å²) < 4.78 is 0. The van der Waals surface area contributed by atoms with E-state index in [1.165, 1.54) is 0 Å². The van der Waals surface area contributed by atoms with Gasteiger partial charge in [0.05, 0.1) is 6.10 Å². The number of nitrogens with zero attached hydrogens (tertiary/aromatic N) is 1. The van der Waals surface area contributed by atoms with Gasteiger partial charge in [0.1, 0.15) is 6.04 Å². The minimum absolute atomic E-state index is 0.290. The Labute approximate surface area is 165 Å². The quantitative estimate of drug-likeness (QED) is 0.598. The molecule has 0 amide bonds. The van der Waals surface area contributed by atoms with E-state index in [1.54, 1.807) is 0 Å². The zero-order valence-corrected chi connectivity index (χ0v) is 15.7. The highest BCUT2D eigenvalue weighted by Crippen LogP contribution is 2.18. The van der Waals surface area contributed by atoms with E-state index in [2.05, 4.69) is 0 Å². The van der Waals surface area contributed by atoms with Crippen LogP contribution in [0.1, 0.15) is 16.7 Å². The fourth-order valence-corrected chi connectivity index (χ4v) is 3.42. The number of aliphatic hydroxyl groups is 1. The van der Waals surface area contributed by atoms with Crippen LogP contribution in [0.25, 0.3) is 0 Å². The number of carboxylic acid groups (broad SMARTS) is 1. The topological polar surface area (TPSA) is 60.8 Å². The monoisotopic (exact) mass is 375 g/mol. The van der Waals surface area contributed by atoms with Gasteiger partial charge < -0.3 is 10.2 Å². The molecule has 2 N–H and O–H groups in total. The molecule has 0 spiro atoms. The number of carbonyl (C=O) groups is 1. The van der Waals surface area contributed by atoms with Crippen LogP contribution in [0.15, 0.2) is 91.0 Å². The summed E-state index contributed by atoms with van der Waals surface area (Å²) in [6.07, 6.45) is -0.731. The second-order valence-electron chi connectivity index (χ2n) is 6.92. The van der Waals surface area contributed by atoms with Gasteiger partial charge in [-0.25, -0.2) is 0 Å². The van der Waals surface area contributed by atoms with E-state index in [1.807, 2.05) is 95.9 Å². The van der Waals surface area contributed by atoms with Crippen molar-refractivity contribution in [3.8, 4) is 0 Å². The van der Waals surface area contributed by atoms with Crippen molar-refractivity contribution < 1.29 is 15.0 Å². The molecular formula is C24H25NO3. The molecular weight excluding hydrogens is 350 g/mol. The molecule has 0 aliphatic heterocycles. The Kier molecular flexibility index (Phi) is 6.95. The van der Waals surface area contributed by atoms with Gasteiger partial charge in [-0.1, -0.05) is 91.0 Å². The average molecular weight is 375 g/mol. The van der Waals surface area contributed by atoms with Crippen molar-refractivity contribution in [1.29, 1.82) is 0 Å². The molecule has 28 heavy (non-hydrogen) atoms. The third kappa shape index (κ3) is 5.52. The number of rotatable bonds is 9. The van der Waals surface area contributed by atoms with Crippen LogP contribution in [0.2, 0.25) is 0 Å². The Balaban J connectivity index is 1.86. The van der Waals surface area contributed by atoms with E-state index >= 15 is 0 Å². The molecule has 3 rings (SSSR count). The summed E-state index contributed by atoms with van der Waals surface area (Å²) in [6, 6.07) is 28.0. The predicted molar refractivity (Wildman–Crippen MR) is 110 cm³/mol. The maximum absolute atomic E-state index is 12.2. The Morgan fingerprint density at radius 1 is 0.714 bits per heavy atom. The lowest BCUT2D eigenvalue weighted by Gasteiger charge is -2.32. The second-order valence-corrected chi connectivity index (χ2v) is 6.92. The Morgan fingerprint density at radius 3 is 1.50 bits per heavy atom. The largest absolute Gasteiger partial charge is 0.480 e. The number of benzene rings is 3. The first-order valence-electron chi connectivity index (χ1n) is 9.40. The number of hydrogen-bond donors (Lipinski definition) is 2. The van der Waals surface area contributed by atoms with Crippen molar-refractivity contribution in [3.05, 3.63) is 108 Å². The molecule has 0 saturated carbocycles. The highest BCUT2D eigenvalue weighted by atomic mass is 16.4. The summed E-state index contributed by atoms with van der Waals surface area (Å²) in [5.74, 6) is -1.02. The van der Waals surface area contributed by atoms with Gasteiger partial charge in [-0.2, -0.15) is 0 Å². The van der Waals surface area contributed by atoms with Gasteiger partial charge >= 0.3 is 5.97 Å². The highest BCUT2D eigenvalue weighted by Gasteiger charge is 2.33. The van der Waals surface area contributed by atoms with E-state index in [-0.39, 0.29) is 6.42 Å². The standard InChI is InChI=1S/C24H25NO3/c26-22(16-19-10-4-1-5-11-19)23(24(27)28)25(17-20-12-6-2-7-13-20)18-21-14-8-3-9-15-21/h1-15,22-23,26H,16-18H2,(H,27,28)/t22-,23-/m0/s1. The van der Waals surface area contributed by atoms with Crippen LogP contribution in [-0.4, -0.2) is 33.2 Å². The van der Waals surface area contributed by atoms with Crippen LogP contribution in [0, 0.1) is 0 Å². The van der Waals surface area contributed by atoms with Crippen LogP contribution in [-0.2, 0) is 24.3 Å². The lowest BCUT2D eigenvalue weighted by molar-refractivity contribution is -0.148. The minimum atomic E-state index is -1.02. The van der Waals surface area contributed by atoms with Crippen molar-refractivity contribution in [1.82, 2.24) is 4.90 Å². The zero-order chi connectivity index (χ0) is 19.8. The summed E-state index contributed by atoms with van der Waals surface area (Å²) >= 11 is 0. The van der Waals surface area contributed by atoms with Crippen molar-refractivity contribution in [2.75, 3.05) is 0 Å². The summed E-state index contributed by atoms with van der Waals surface area (Å²) in [4.78, 5) is 14.0. The van der Waals surface area contributed by atoms with E-state index < -0.39 is 18.1 Å². The fraction of sp³-hybridized carbons (Fsp3) is 0.208. The van der Waals surface area contributed by atoms with E-state index in [4.69, 9.17) is 0 Å². The lowest BCUT2D eigenvalue weighted by atomic mass is 9.99. The van der Waals surface area contributed by atoms with Crippen LogP contribution >= 0.6 is 0 Å².